The number of nitrogens with zero attached hydrogens (tertiary/aromatic N) is 7. The number of aryl methyl sites for hydroxylation is 2. The molecule has 0 unspecified atom stereocenters. The molecule has 1 amide bonds. The molecule has 7 rings (SSSR count). The normalized spacial score (nSPS) is 12.6. The number of hydrogen-bond acceptors (Lipinski definition) is 10. The van der Waals surface area contributed by atoms with Gasteiger partial charge in [-0.3, -0.25) is 19.7 Å². The van der Waals surface area contributed by atoms with Gasteiger partial charge in [0.25, 0.3) is 5.91 Å². The summed E-state index contributed by atoms with van der Waals surface area (Å²) in [5.74, 6) is -1.29. The Morgan fingerprint density at radius 2 is 1.10 bits per heavy atom. The predicted molar refractivity (Wildman–Crippen MR) is 230 cm³/mol. The maximum Gasteiger partial charge on any atom is 0.335 e. The van der Waals surface area contributed by atoms with Crippen molar-refractivity contribution in [3.05, 3.63) is 154 Å². The molecule has 12 heteroatoms. The predicted octanol–water partition coefficient (Wildman–Crippen LogP) is 8.08. The highest BCUT2D eigenvalue weighted by atomic mass is 16.5. The molecular formula is C49H40N8O4. The van der Waals surface area contributed by atoms with Crippen LogP contribution in [0.1, 0.15) is 61.0 Å². The number of hydrogen-bond donors (Lipinski definition) is 2. The Kier molecular flexibility index (Phi) is 13.7. The van der Waals surface area contributed by atoms with Crippen LogP contribution in [0.5, 0.6) is 0 Å². The standard InChI is InChI=1S/C28H27N5O2.C21H13N3O2/c1-19-3-4-26(25(11-19)16-30)22-12-23(27-17-31-6-5-21(27)15-29)14-24(13-22)28(34)32-20(2)18-33-7-9-35-10-8-33;1-13-2-3-19(18(6-13)11-23)15-7-16(9-17(8-15)21(25)26)20-12-24-5-4-14(20)10-22/h3-6,11-14,17,20H,7-10,18H2,1-2H3,(H,32,34);2-9,12H,1H3,(H,25,26)/t20-;/m1./s1. The first-order valence-corrected chi connectivity index (χ1v) is 19.4. The third kappa shape index (κ3) is 10.4. The zero-order valence-electron chi connectivity index (χ0n) is 33.8. The van der Waals surface area contributed by atoms with Crippen LogP contribution >= 0.6 is 0 Å². The van der Waals surface area contributed by atoms with E-state index in [0.29, 0.717) is 74.4 Å². The summed E-state index contributed by atoms with van der Waals surface area (Å²) >= 11 is 0. The second-order valence-electron chi connectivity index (χ2n) is 14.6. The summed E-state index contributed by atoms with van der Waals surface area (Å²) in [6.45, 7) is 9.65. The first-order valence-electron chi connectivity index (χ1n) is 19.4. The summed E-state index contributed by atoms with van der Waals surface area (Å²) in [6.07, 6.45) is 6.24. The van der Waals surface area contributed by atoms with E-state index in [9.17, 15) is 35.7 Å². The molecule has 2 aromatic heterocycles. The van der Waals surface area contributed by atoms with Crippen LogP contribution in [0.3, 0.4) is 0 Å². The number of carbonyl (C=O) groups excluding carboxylic acids is 1. The Morgan fingerprint density at radius 3 is 1.54 bits per heavy atom. The van der Waals surface area contributed by atoms with Gasteiger partial charge < -0.3 is 15.2 Å². The molecular weight excluding hydrogens is 765 g/mol. The van der Waals surface area contributed by atoms with Crippen LogP contribution in [0.15, 0.2) is 110 Å². The van der Waals surface area contributed by atoms with Crippen LogP contribution in [0.25, 0.3) is 44.5 Å². The average Bonchev–Trinajstić information content (AvgIpc) is 3.28. The number of aromatic nitrogens is 2. The van der Waals surface area contributed by atoms with Crippen molar-refractivity contribution in [2.75, 3.05) is 32.8 Å². The van der Waals surface area contributed by atoms with Gasteiger partial charge in [0.1, 0.15) is 0 Å². The monoisotopic (exact) mass is 804 g/mol. The number of benzene rings is 4. The highest BCUT2D eigenvalue weighted by molar-refractivity contribution is 5.98. The number of aromatic carboxylic acids is 1. The Labute approximate surface area is 354 Å². The smallest absolute Gasteiger partial charge is 0.335 e. The zero-order valence-corrected chi connectivity index (χ0v) is 33.8. The summed E-state index contributed by atoms with van der Waals surface area (Å²) in [5, 5.41) is 50.7. The Bertz CT molecular complexity index is 2800. The first-order chi connectivity index (χ1) is 29.5. The van der Waals surface area contributed by atoms with Crippen LogP contribution in [0.2, 0.25) is 0 Å². The number of carbonyl (C=O) groups is 2. The van der Waals surface area contributed by atoms with Gasteiger partial charge in [0, 0.05) is 67.2 Å². The number of amides is 1. The van der Waals surface area contributed by atoms with Crippen molar-refractivity contribution in [3.63, 3.8) is 0 Å². The van der Waals surface area contributed by atoms with Gasteiger partial charge in [-0.1, -0.05) is 24.3 Å². The summed E-state index contributed by atoms with van der Waals surface area (Å²) in [5.41, 5.74) is 9.48. The third-order valence-corrected chi connectivity index (χ3v) is 10.1. The van der Waals surface area contributed by atoms with E-state index in [2.05, 4.69) is 44.5 Å². The lowest BCUT2D eigenvalue weighted by atomic mass is 9.92. The fourth-order valence-electron chi connectivity index (χ4n) is 7.10. The second-order valence-corrected chi connectivity index (χ2v) is 14.6. The van der Waals surface area contributed by atoms with Crippen molar-refractivity contribution in [2.24, 2.45) is 0 Å². The minimum Gasteiger partial charge on any atom is -0.478 e. The molecule has 3 heterocycles. The fourth-order valence-corrected chi connectivity index (χ4v) is 7.10. The molecule has 12 nitrogen and oxygen atoms in total. The average molecular weight is 805 g/mol. The SMILES string of the molecule is Cc1ccc(-c2cc(C(=O)N[C@H](C)CN3CCOCC3)cc(-c3cnccc3C#N)c2)c(C#N)c1.Cc1ccc(-c2cc(C(=O)O)cc(-c3cnccc3C#N)c2)c(C#N)c1. The summed E-state index contributed by atoms with van der Waals surface area (Å²) in [4.78, 5) is 35.4. The van der Waals surface area contributed by atoms with E-state index in [0.717, 1.165) is 41.9 Å². The largest absolute Gasteiger partial charge is 0.478 e. The second kappa shape index (κ2) is 19.6. The molecule has 2 N–H and O–H groups in total. The Balaban J connectivity index is 0.000000213. The molecule has 6 aromatic rings. The molecule has 0 saturated carbocycles. The van der Waals surface area contributed by atoms with Crippen LogP contribution in [0.4, 0.5) is 0 Å². The molecule has 0 aliphatic carbocycles. The van der Waals surface area contributed by atoms with Crippen LogP contribution in [-0.4, -0.2) is 70.7 Å². The molecule has 1 aliphatic heterocycles. The number of carboxylic acids is 1. The lowest BCUT2D eigenvalue weighted by molar-refractivity contribution is 0.0342. The van der Waals surface area contributed by atoms with Gasteiger partial charge in [-0.15, -0.1) is 0 Å². The van der Waals surface area contributed by atoms with Gasteiger partial charge >= 0.3 is 5.97 Å². The summed E-state index contributed by atoms with van der Waals surface area (Å²) in [6, 6.07) is 33.2. The lowest BCUT2D eigenvalue weighted by Crippen LogP contribution is -2.46. The lowest BCUT2D eigenvalue weighted by Gasteiger charge is -2.29. The van der Waals surface area contributed by atoms with Crippen molar-refractivity contribution in [3.8, 4) is 68.8 Å². The molecule has 61 heavy (non-hydrogen) atoms. The van der Waals surface area contributed by atoms with Crippen molar-refractivity contribution >= 4 is 11.9 Å². The molecule has 1 aliphatic rings. The van der Waals surface area contributed by atoms with Gasteiger partial charge in [-0.05, 0) is 126 Å². The van der Waals surface area contributed by atoms with Crippen molar-refractivity contribution in [2.45, 2.75) is 26.8 Å². The summed E-state index contributed by atoms with van der Waals surface area (Å²) in [7, 11) is 0. The molecule has 300 valence electrons. The van der Waals surface area contributed by atoms with Gasteiger partial charge in [0.2, 0.25) is 0 Å². The number of morpholine rings is 1. The van der Waals surface area contributed by atoms with E-state index < -0.39 is 5.97 Å². The van der Waals surface area contributed by atoms with Gasteiger partial charge in [-0.2, -0.15) is 21.0 Å². The van der Waals surface area contributed by atoms with Crippen LogP contribution < -0.4 is 5.32 Å². The maximum absolute atomic E-state index is 13.3. The number of rotatable bonds is 9. The number of ether oxygens (including phenoxy) is 1. The molecule has 1 atom stereocenters. The van der Waals surface area contributed by atoms with Crippen molar-refractivity contribution < 1.29 is 19.4 Å². The van der Waals surface area contributed by atoms with Gasteiger partial charge in [-0.25, -0.2) is 4.79 Å². The Hall–Kier alpha value is -8.00. The number of pyridine rings is 2. The fraction of sp³-hybridized carbons (Fsp3) is 0.184. The minimum atomic E-state index is -1.08. The van der Waals surface area contributed by atoms with E-state index in [4.69, 9.17) is 4.74 Å². The maximum atomic E-state index is 13.3. The first kappa shape index (κ1) is 42.6. The van der Waals surface area contributed by atoms with Crippen molar-refractivity contribution in [1.29, 1.82) is 21.0 Å². The molecule has 1 saturated heterocycles. The molecule has 0 radical (unpaired) electrons. The number of nitrogens with one attached hydrogen (secondary N) is 1. The van der Waals surface area contributed by atoms with E-state index >= 15 is 0 Å². The van der Waals surface area contributed by atoms with Crippen molar-refractivity contribution in [1.82, 2.24) is 20.2 Å². The van der Waals surface area contributed by atoms with Gasteiger partial charge in [0.15, 0.2) is 0 Å². The van der Waals surface area contributed by atoms with Crippen LogP contribution in [-0.2, 0) is 4.74 Å². The minimum absolute atomic E-state index is 0.0604. The molecule has 1 fully saturated rings. The quantitative estimate of drug-likeness (QED) is 0.143. The molecule has 0 bridgehead atoms. The third-order valence-electron chi connectivity index (χ3n) is 10.1. The summed E-state index contributed by atoms with van der Waals surface area (Å²) < 4.78 is 5.41. The van der Waals surface area contributed by atoms with E-state index in [1.165, 1.54) is 24.5 Å². The van der Waals surface area contributed by atoms with E-state index in [-0.39, 0.29) is 17.5 Å². The zero-order chi connectivity index (χ0) is 43.5. The van der Waals surface area contributed by atoms with E-state index in [1.54, 1.807) is 54.9 Å². The topological polar surface area (TPSA) is 200 Å². The van der Waals surface area contributed by atoms with Crippen LogP contribution in [0, 0.1) is 59.2 Å². The van der Waals surface area contributed by atoms with E-state index in [1.807, 2.05) is 51.1 Å². The highest BCUT2D eigenvalue weighted by Crippen LogP contribution is 2.33. The van der Waals surface area contributed by atoms with Gasteiger partial charge in [0.05, 0.1) is 65.3 Å². The molecule has 4 aromatic carbocycles. The highest BCUT2D eigenvalue weighted by Gasteiger charge is 2.19. The number of carboxylic acid groups (broad SMARTS) is 1. The number of nitriles is 4. The molecule has 0 spiro atoms. The Morgan fingerprint density at radius 1 is 0.656 bits per heavy atom.